The van der Waals surface area contributed by atoms with Crippen LogP contribution in [0.1, 0.15) is 96.7 Å². The van der Waals surface area contributed by atoms with Crippen molar-refractivity contribution in [2.45, 2.75) is 97.3 Å². The van der Waals surface area contributed by atoms with Crippen molar-refractivity contribution in [2.24, 2.45) is 40.4 Å². The lowest BCUT2D eigenvalue weighted by Crippen LogP contribution is -2.52. The van der Waals surface area contributed by atoms with Crippen molar-refractivity contribution in [1.82, 2.24) is 9.97 Å². The molecule has 0 spiro atoms. The fourth-order valence-electron chi connectivity index (χ4n) is 9.69. The molecule has 4 fully saturated rings. The van der Waals surface area contributed by atoms with E-state index in [1.54, 1.807) is 0 Å². The fourth-order valence-corrected chi connectivity index (χ4v) is 9.69. The van der Waals surface area contributed by atoms with Crippen molar-refractivity contribution >= 4 is 10.9 Å². The lowest BCUT2D eigenvalue weighted by Gasteiger charge is -2.60. The first-order valence-corrected chi connectivity index (χ1v) is 14.2. The van der Waals surface area contributed by atoms with Crippen LogP contribution in [0.4, 0.5) is 8.78 Å². The van der Waals surface area contributed by atoms with E-state index in [9.17, 15) is 13.6 Å². The quantitative estimate of drug-likeness (QED) is 0.488. The first-order chi connectivity index (χ1) is 16.8. The Morgan fingerprint density at radius 3 is 2.60 bits per heavy atom. The molecular weight excluding hydrogens is 442 g/mol. The minimum Gasteiger partial charge on any atom is -0.310 e. The van der Waals surface area contributed by atoms with Crippen LogP contribution in [-0.2, 0) is 6.42 Å². The lowest BCUT2D eigenvalue weighted by atomic mass is 9.45. The van der Waals surface area contributed by atoms with Gasteiger partial charge < -0.3 is 4.98 Å². The van der Waals surface area contributed by atoms with Gasteiger partial charge >= 0.3 is 0 Å². The molecule has 7 atom stereocenters. The van der Waals surface area contributed by atoms with Gasteiger partial charge in [-0.2, -0.15) is 0 Å². The highest BCUT2D eigenvalue weighted by Gasteiger charge is 2.59. The van der Waals surface area contributed by atoms with Crippen molar-refractivity contribution < 1.29 is 8.78 Å². The van der Waals surface area contributed by atoms with E-state index in [0.29, 0.717) is 23.1 Å². The van der Waals surface area contributed by atoms with Crippen molar-refractivity contribution in [3.05, 3.63) is 39.9 Å². The summed E-state index contributed by atoms with van der Waals surface area (Å²) in [7, 11) is 0. The molecule has 4 aliphatic carbocycles. The molecule has 4 aliphatic rings. The van der Waals surface area contributed by atoms with Crippen LogP contribution in [0.25, 0.3) is 10.9 Å². The van der Waals surface area contributed by atoms with Crippen LogP contribution in [0.15, 0.2) is 16.9 Å². The second-order valence-electron chi connectivity index (χ2n) is 12.9. The molecule has 0 aliphatic heterocycles. The van der Waals surface area contributed by atoms with Gasteiger partial charge in [0.1, 0.15) is 5.82 Å². The molecule has 190 valence electrons. The number of rotatable bonds is 4. The van der Waals surface area contributed by atoms with E-state index in [4.69, 9.17) is 0 Å². The average Bonchev–Trinajstić information content (AvgIpc) is 3.16. The summed E-state index contributed by atoms with van der Waals surface area (Å²) in [6.45, 7) is 5.24. The number of nitrogens with zero attached hydrogens (tertiary/aromatic N) is 1. The maximum absolute atomic E-state index is 13.7. The van der Waals surface area contributed by atoms with Gasteiger partial charge in [-0.25, -0.2) is 13.8 Å². The Morgan fingerprint density at radius 1 is 0.943 bits per heavy atom. The number of aromatic nitrogens is 2. The summed E-state index contributed by atoms with van der Waals surface area (Å²) in [6, 6.07) is 1.98. The predicted molar refractivity (Wildman–Crippen MR) is 135 cm³/mol. The predicted octanol–water partition coefficient (Wildman–Crippen LogP) is 7.57. The summed E-state index contributed by atoms with van der Waals surface area (Å²) in [5.74, 6) is 3.07. The zero-order chi connectivity index (χ0) is 24.4. The van der Waals surface area contributed by atoms with Gasteiger partial charge in [0.05, 0.1) is 10.9 Å². The smallest absolute Gasteiger partial charge is 0.258 e. The van der Waals surface area contributed by atoms with Gasteiger partial charge in [0.2, 0.25) is 0 Å². The number of fused-ring (bicyclic) bond motifs is 6. The highest BCUT2D eigenvalue weighted by Crippen LogP contribution is 2.67. The van der Waals surface area contributed by atoms with E-state index in [2.05, 4.69) is 23.8 Å². The van der Waals surface area contributed by atoms with Gasteiger partial charge in [-0.15, -0.1) is 0 Å². The van der Waals surface area contributed by atoms with E-state index >= 15 is 0 Å². The van der Waals surface area contributed by atoms with E-state index < -0.39 is 11.6 Å². The number of nitrogens with one attached hydrogen (secondary N) is 1. The Hall–Kier alpha value is -1.78. The second-order valence-corrected chi connectivity index (χ2v) is 12.9. The topological polar surface area (TPSA) is 45.8 Å². The Labute approximate surface area is 207 Å². The molecule has 1 aromatic carbocycles. The van der Waals surface area contributed by atoms with Gasteiger partial charge in [-0.1, -0.05) is 26.7 Å². The molecule has 1 heterocycles. The molecular formula is C30H40F2N2O. The van der Waals surface area contributed by atoms with E-state index in [1.807, 2.05) is 0 Å². The number of aromatic amines is 1. The summed E-state index contributed by atoms with van der Waals surface area (Å²) >= 11 is 0. The number of aryl methyl sites for hydroxylation is 1. The monoisotopic (exact) mass is 482 g/mol. The van der Waals surface area contributed by atoms with E-state index in [0.717, 1.165) is 54.6 Å². The van der Waals surface area contributed by atoms with Gasteiger partial charge in [0.25, 0.3) is 5.56 Å². The second kappa shape index (κ2) is 8.66. The van der Waals surface area contributed by atoms with Crippen molar-refractivity contribution in [3.8, 4) is 0 Å². The molecule has 0 saturated heterocycles. The molecule has 5 heteroatoms. The number of benzene rings is 1. The van der Waals surface area contributed by atoms with E-state index in [-0.39, 0.29) is 16.5 Å². The molecule has 35 heavy (non-hydrogen) atoms. The summed E-state index contributed by atoms with van der Waals surface area (Å²) in [5, 5.41) is 0.108. The fraction of sp³-hybridized carbons (Fsp3) is 0.733. The molecule has 2 aromatic rings. The van der Waals surface area contributed by atoms with Crippen LogP contribution in [0.2, 0.25) is 0 Å². The van der Waals surface area contributed by atoms with Crippen LogP contribution in [0.3, 0.4) is 0 Å². The minimum atomic E-state index is -1.01. The molecule has 0 amide bonds. The van der Waals surface area contributed by atoms with Crippen LogP contribution >= 0.6 is 0 Å². The zero-order valence-electron chi connectivity index (χ0n) is 21.3. The molecule has 0 bridgehead atoms. The Kier molecular flexibility index (Phi) is 5.84. The van der Waals surface area contributed by atoms with Crippen LogP contribution in [0.5, 0.6) is 0 Å². The van der Waals surface area contributed by atoms with Crippen molar-refractivity contribution in [3.63, 3.8) is 0 Å². The summed E-state index contributed by atoms with van der Waals surface area (Å²) in [4.78, 5) is 19.6. The van der Waals surface area contributed by atoms with Gasteiger partial charge in [0, 0.05) is 12.5 Å². The van der Waals surface area contributed by atoms with Crippen LogP contribution < -0.4 is 5.56 Å². The Morgan fingerprint density at radius 2 is 1.74 bits per heavy atom. The first-order valence-electron chi connectivity index (χ1n) is 14.2. The standard InChI is InChI=1S/C30H40F2N2O/c1-29-14-4-3-6-18(29)9-11-20-22-12-10-19(30(22,2)15-13-23(20)29)7-5-8-27-33-26-17-25(32)24(31)16-21(26)28(35)34-27/h16-20,22-23H,3-15H2,1-2H3,(H,33,34,35). The maximum atomic E-state index is 13.7. The molecule has 1 aromatic heterocycles. The molecule has 0 radical (unpaired) electrons. The molecule has 1 N–H and O–H groups in total. The molecule has 7 unspecified atom stereocenters. The normalized spacial score (nSPS) is 38.7. The van der Waals surface area contributed by atoms with E-state index in [1.165, 1.54) is 64.2 Å². The van der Waals surface area contributed by atoms with Crippen molar-refractivity contribution in [1.29, 1.82) is 0 Å². The average molecular weight is 483 g/mol. The third kappa shape index (κ3) is 3.78. The summed E-state index contributed by atoms with van der Waals surface area (Å²) in [5.41, 5.74) is 0.892. The number of halogens is 2. The van der Waals surface area contributed by atoms with Crippen LogP contribution in [-0.4, -0.2) is 9.97 Å². The van der Waals surface area contributed by atoms with Gasteiger partial charge in [-0.3, -0.25) is 4.79 Å². The van der Waals surface area contributed by atoms with Crippen LogP contribution in [0, 0.1) is 52.1 Å². The third-order valence-electron chi connectivity index (χ3n) is 11.5. The van der Waals surface area contributed by atoms with Gasteiger partial charge in [0.15, 0.2) is 11.6 Å². The number of H-pyrrole nitrogens is 1. The first kappa shape index (κ1) is 23.6. The highest BCUT2D eigenvalue weighted by atomic mass is 19.2. The zero-order valence-corrected chi connectivity index (χ0v) is 21.3. The number of hydrogen-bond donors (Lipinski definition) is 1. The molecule has 4 saturated carbocycles. The Balaban J connectivity index is 1.13. The highest BCUT2D eigenvalue weighted by molar-refractivity contribution is 5.77. The summed E-state index contributed by atoms with van der Waals surface area (Å²) < 4.78 is 27.2. The largest absolute Gasteiger partial charge is 0.310 e. The number of hydrogen-bond acceptors (Lipinski definition) is 2. The summed E-state index contributed by atoms with van der Waals surface area (Å²) in [6.07, 6.45) is 17.0. The molecule has 6 rings (SSSR count). The van der Waals surface area contributed by atoms with Gasteiger partial charge in [-0.05, 0) is 111 Å². The maximum Gasteiger partial charge on any atom is 0.258 e. The third-order valence-corrected chi connectivity index (χ3v) is 11.5. The van der Waals surface area contributed by atoms with Crippen molar-refractivity contribution in [2.75, 3.05) is 0 Å². The minimum absolute atomic E-state index is 0.108. The molecule has 3 nitrogen and oxygen atoms in total. The SMILES string of the molecule is CC12CCCCC1CCC1C2CCC2(C)C(CCCc3nc4cc(F)c(F)cc4c(=O)[nH]3)CCC12. The lowest BCUT2D eigenvalue weighted by molar-refractivity contribution is -0.111. The Bertz CT molecular complexity index is 1180.